The number of halogens is 1. The number of thiophene rings is 1. The SMILES string of the molecule is Cc1cc(S(=O)(=O)N(C)Cc2cccc(F)c2)sc1CN. The topological polar surface area (TPSA) is 63.4 Å². The summed E-state index contributed by atoms with van der Waals surface area (Å²) in [5, 5.41) is 0. The molecule has 0 bridgehead atoms. The summed E-state index contributed by atoms with van der Waals surface area (Å²) >= 11 is 1.18. The minimum atomic E-state index is -3.59. The zero-order chi connectivity index (χ0) is 15.6. The van der Waals surface area contributed by atoms with Gasteiger partial charge in [0.05, 0.1) is 0 Å². The van der Waals surface area contributed by atoms with Gasteiger partial charge in [-0.3, -0.25) is 0 Å². The van der Waals surface area contributed by atoms with Crippen LogP contribution in [0.3, 0.4) is 0 Å². The highest BCUT2D eigenvalue weighted by Gasteiger charge is 2.24. The lowest BCUT2D eigenvalue weighted by Crippen LogP contribution is -2.25. The van der Waals surface area contributed by atoms with E-state index < -0.39 is 10.0 Å². The third-order valence-corrected chi connectivity index (χ3v) is 6.65. The van der Waals surface area contributed by atoms with E-state index in [1.165, 1.54) is 34.8 Å². The summed E-state index contributed by atoms with van der Waals surface area (Å²) in [6.07, 6.45) is 0. The van der Waals surface area contributed by atoms with Crippen molar-refractivity contribution in [3.8, 4) is 0 Å². The van der Waals surface area contributed by atoms with Crippen molar-refractivity contribution in [3.63, 3.8) is 0 Å². The lowest BCUT2D eigenvalue weighted by molar-refractivity contribution is 0.467. The Balaban J connectivity index is 2.26. The first kappa shape index (κ1) is 16.1. The Morgan fingerprint density at radius 2 is 2.05 bits per heavy atom. The van der Waals surface area contributed by atoms with Crippen molar-refractivity contribution in [2.75, 3.05) is 7.05 Å². The van der Waals surface area contributed by atoms with Crippen molar-refractivity contribution in [1.29, 1.82) is 0 Å². The average molecular weight is 328 g/mol. The largest absolute Gasteiger partial charge is 0.326 e. The van der Waals surface area contributed by atoms with Gasteiger partial charge in [-0.2, -0.15) is 4.31 Å². The fourth-order valence-corrected chi connectivity index (χ4v) is 4.79. The molecule has 0 saturated carbocycles. The molecule has 2 aromatic rings. The first-order valence-electron chi connectivity index (χ1n) is 6.34. The molecule has 2 N–H and O–H groups in total. The highest BCUT2D eigenvalue weighted by molar-refractivity contribution is 7.91. The minimum Gasteiger partial charge on any atom is -0.326 e. The van der Waals surface area contributed by atoms with Gasteiger partial charge < -0.3 is 5.73 Å². The van der Waals surface area contributed by atoms with Gasteiger partial charge in [0.15, 0.2) is 0 Å². The summed E-state index contributed by atoms with van der Waals surface area (Å²) < 4.78 is 39.6. The maximum absolute atomic E-state index is 13.2. The molecule has 7 heteroatoms. The van der Waals surface area contributed by atoms with Gasteiger partial charge in [0.25, 0.3) is 10.0 Å². The van der Waals surface area contributed by atoms with E-state index in [4.69, 9.17) is 5.73 Å². The molecule has 0 aliphatic carbocycles. The van der Waals surface area contributed by atoms with Gasteiger partial charge >= 0.3 is 0 Å². The van der Waals surface area contributed by atoms with Gasteiger partial charge in [-0.15, -0.1) is 11.3 Å². The van der Waals surface area contributed by atoms with Gasteiger partial charge in [-0.05, 0) is 36.2 Å². The molecule has 4 nitrogen and oxygen atoms in total. The van der Waals surface area contributed by atoms with Crippen LogP contribution in [0, 0.1) is 12.7 Å². The van der Waals surface area contributed by atoms with Crippen LogP contribution in [0.4, 0.5) is 4.39 Å². The second-order valence-electron chi connectivity index (χ2n) is 4.77. The number of rotatable bonds is 5. The number of hydrogen-bond donors (Lipinski definition) is 1. The molecule has 0 amide bonds. The van der Waals surface area contributed by atoms with Crippen molar-refractivity contribution < 1.29 is 12.8 Å². The Bertz CT molecular complexity index is 741. The molecule has 1 aromatic heterocycles. The van der Waals surface area contributed by atoms with E-state index >= 15 is 0 Å². The van der Waals surface area contributed by atoms with Gasteiger partial charge in [0.1, 0.15) is 10.0 Å². The lowest BCUT2D eigenvalue weighted by atomic mass is 10.2. The van der Waals surface area contributed by atoms with E-state index in [9.17, 15) is 12.8 Å². The summed E-state index contributed by atoms with van der Waals surface area (Å²) in [4.78, 5) is 0.854. The molecule has 0 aliphatic rings. The average Bonchev–Trinajstić information content (AvgIpc) is 2.80. The Labute approximate surface area is 128 Å². The van der Waals surface area contributed by atoms with Crippen LogP contribution in [-0.4, -0.2) is 19.8 Å². The summed E-state index contributed by atoms with van der Waals surface area (Å²) in [6.45, 7) is 2.28. The summed E-state index contributed by atoms with van der Waals surface area (Å²) in [5.41, 5.74) is 7.06. The lowest BCUT2D eigenvalue weighted by Gasteiger charge is -2.16. The molecule has 0 aliphatic heterocycles. The van der Waals surface area contributed by atoms with Gasteiger partial charge in [0.2, 0.25) is 0 Å². The number of hydrogen-bond acceptors (Lipinski definition) is 4. The molecule has 0 saturated heterocycles. The Morgan fingerprint density at radius 3 is 2.62 bits per heavy atom. The number of nitrogens with zero attached hydrogens (tertiary/aromatic N) is 1. The smallest absolute Gasteiger partial charge is 0.252 e. The van der Waals surface area contributed by atoms with Crippen LogP contribution in [0.15, 0.2) is 34.5 Å². The molecule has 2 rings (SSSR count). The van der Waals surface area contributed by atoms with Crippen LogP contribution >= 0.6 is 11.3 Å². The molecule has 0 fully saturated rings. The summed E-state index contributed by atoms with van der Waals surface area (Å²) in [7, 11) is -2.10. The highest BCUT2D eigenvalue weighted by atomic mass is 32.2. The third kappa shape index (κ3) is 3.49. The third-order valence-electron chi connectivity index (χ3n) is 3.14. The van der Waals surface area contributed by atoms with E-state index in [1.807, 2.05) is 6.92 Å². The number of sulfonamides is 1. The molecular formula is C14H17FN2O2S2. The number of nitrogens with two attached hydrogens (primary N) is 1. The zero-order valence-electron chi connectivity index (χ0n) is 11.8. The molecule has 0 radical (unpaired) electrons. The van der Waals surface area contributed by atoms with Crippen LogP contribution in [-0.2, 0) is 23.1 Å². The Hall–Kier alpha value is -1.28. The van der Waals surface area contributed by atoms with E-state index in [0.717, 1.165) is 10.4 Å². The number of benzene rings is 1. The van der Waals surface area contributed by atoms with Gasteiger partial charge in [0, 0.05) is 25.0 Å². The fourth-order valence-electron chi connectivity index (χ4n) is 1.95. The first-order chi connectivity index (χ1) is 9.84. The van der Waals surface area contributed by atoms with Crippen LogP contribution in [0.2, 0.25) is 0 Å². The molecular weight excluding hydrogens is 311 g/mol. The van der Waals surface area contributed by atoms with E-state index in [0.29, 0.717) is 12.1 Å². The molecule has 21 heavy (non-hydrogen) atoms. The monoisotopic (exact) mass is 328 g/mol. The van der Waals surface area contributed by atoms with E-state index in [2.05, 4.69) is 0 Å². The van der Waals surface area contributed by atoms with E-state index in [1.54, 1.807) is 18.2 Å². The fraction of sp³-hybridized carbons (Fsp3) is 0.286. The van der Waals surface area contributed by atoms with Crippen molar-refractivity contribution >= 4 is 21.4 Å². The van der Waals surface area contributed by atoms with Crippen LogP contribution < -0.4 is 5.73 Å². The predicted molar refractivity (Wildman–Crippen MR) is 82.0 cm³/mol. The number of aryl methyl sites for hydroxylation is 1. The first-order valence-corrected chi connectivity index (χ1v) is 8.60. The van der Waals surface area contributed by atoms with E-state index in [-0.39, 0.29) is 16.6 Å². The van der Waals surface area contributed by atoms with Crippen LogP contribution in [0.25, 0.3) is 0 Å². The second kappa shape index (κ2) is 6.23. The Morgan fingerprint density at radius 1 is 1.33 bits per heavy atom. The molecule has 1 aromatic carbocycles. The Kier molecular flexibility index (Phi) is 4.77. The van der Waals surface area contributed by atoms with Gasteiger partial charge in [-0.1, -0.05) is 12.1 Å². The standard InChI is InChI=1S/C14H17FN2O2S2/c1-10-6-14(20-13(10)8-16)21(18,19)17(2)9-11-4-3-5-12(15)7-11/h3-7H,8-9,16H2,1-2H3. The summed E-state index contributed by atoms with van der Waals surface area (Å²) in [6, 6.07) is 7.54. The molecule has 0 atom stereocenters. The normalized spacial score (nSPS) is 12.0. The van der Waals surface area contributed by atoms with Crippen molar-refractivity contribution in [2.24, 2.45) is 5.73 Å². The van der Waals surface area contributed by atoms with Crippen molar-refractivity contribution in [1.82, 2.24) is 4.31 Å². The van der Waals surface area contributed by atoms with Crippen LogP contribution in [0.1, 0.15) is 16.0 Å². The molecule has 114 valence electrons. The maximum Gasteiger partial charge on any atom is 0.252 e. The quantitative estimate of drug-likeness (QED) is 0.917. The summed E-state index contributed by atoms with van der Waals surface area (Å²) in [5.74, 6) is -0.379. The minimum absolute atomic E-state index is 0.120. The molecule has 0 spiro atoms. The van der Waals surface area contributed by atoms with Crippen molar-refractivity contribution in [2.45, 2.75) is 24.2 Å². The maximum atomic E-state index is 13.2. The zero-order valence-corrected chi connectivity index (χ0v) is 13.5. The van der Waals surface area contributed by atoms with Gasteiger partial charge in [-0.25, -0.2) is 12.8 Å². The second-order valence-corrected chi connectivity index (χ2v) is 8.18. The predicted octanol–water partition coefficient (Wildman–Crippen LogP) is 2.48. The molecule has 1 heterocycles. The molecule has 0 unspecified atom stereocenters. The highest BCUT2D eigenvalue weighted by Crippen LogP contribution is 2.28. The van der Waals surface area contributed by atoms with Crippen molar-refractivity contribution in [3.05, 3.63) is 52.2 Å². The van der Waals surface area contributed by atoms with Crippen LogP contribution in [0.5, 0.6) is 0 Å².